The van der Waals surface area contributed by atoms with E-state index in [1.54, 1.807) is 6.07 Å². The zero-order chi connectivity index (χ0) is 11.4. The quantitative estimate of drug-likeness (QED) is 0.751. The lowest BCUT2D eigenvalue weighted by Gasteiger charge is -2.07. The SMILES string of the molecule is CCC(C)CC(=O)c1cc(F)cc(Br)c1. The van der Waals surface area contributed by atoms with Gasteiger partial charge in [0, 0.05) is 16.5 Å². The maximum absolute atomic E-state index is 13.0. The summed E-state index contributed by atoms with van der Waals surface area (Å²) in [5.74, 6) is -0.0269. The van der Waals surface area contributed by atoms with Crippen LogP contribution in [0.2, 0.25) is 0 Å². The molecule has 0 aliphatic carbocycles. The molecular formula is C12H14BrFO. The minimum Gasteiger partial charge on any atom is -0.294 e. The molecule has 0 saturated carbocycles. The van der Waals surface area contributed by atoms with Gasteiger partial charge < -0.3 is 0 Å². The number of rotatable bonds is 4. The minimum absolute atomic E-state index is 0.00421. The Bertz CT molecular complexity index is 342. The van der Waals surface area contributed by atoms with Gasteiger partial charge in [0.15, 0.2) is 5.78 Å². The molecule has 1 aromatic rings. The average Bonchev–Trinajstić information content (AvgIpc) is 2.16. The molecule has 1 rings (SSSR count). The van der Waals surface area contributed by atoms with Crippen molar-refractivity contribution in [2.24, 2.45) is 5.92 Å². The fourth-order valence-electron chi connectivity index (χ4n) is 1.29. The maximum Gasteiger partial charge on any atom is 0.163 e. The Morgan fingerprint density at radius 1 is 1.47 bits per heavy atom. The molecule has 82 valence electrons. The molecule has 0 N–H and O–H groups in total. The van der Waals surface area contributed by atoms with Crippen LogP contribution in [0.5, 0.6) is 0 Å². The maximum atomic E-state index is 13.0. The number of halogens is 2. The highest BCUT2D eigenvalue weighted by Crippen LogP contribution is 2.18. The van der Waals surface area contributed by atoms with Gasteiger partial charge in [-0.3, -0.25) is 4.79 Å². The van der Waals surface area contributed by atoms with Crippen LogP contribution in [0.4, 0.5) is 4.39 Å². The average molecular weight is 273 g/mol. The first-order valence-corrected chi connectivity index (χ1v) is 5.81. The van der Waals surface area contributed by atoms with Crippen LogP contribution >= 0.6 is 15.9 Å². The molecule has 1 atom stereocenters. The van der Waals surface area contributed by atoms with Gasteiger partial charge in [-0.25, -0.2) is 4.39 Å². The summed E-state index contributed by atoms with van der Waals surface area (Å²) in [4.78, 5) is 11.7. The molecule has 0 aromatic heterocycles. The van der Waals surface area contributed by atoms with Crippen LogP contribution in [-0.2, 0) is 0 Å². The molecular weight excluding hydrogens is 259 g/mol. The third kappa shape index (κ3) is 3.74. The van der Waals surface area contributed by atoms with Gasteiger partial charge in [0.1, 0.15) is 5.82 Å². The van der Waals surface area contributed by atoms with E-state index in [1.165, 1.54) is 12.1 Å². The highest BCUT2D eigenvalue weighted by Gasteiger charge is 2.11. The molecule has 0 radical (unpaired) electrons. The van der Waals surface area contributed by atoms with Gasteiger partial charge in [0.2, 0.25) is 0 Å². The van der Waals surface area contributed by atoms with Crippen molar-refractivity contribution < 1.29 is 9.18 Å². The van der Waals surface area contributed by atoms with Crippen molar-refractivity contribution >= 4 is 21.7 Å². The molecule has 0 saturated heterocycles. The summed E-state index contributed by atoms with van der Waals surface area (Å²) in [6, 6.07) is 4.29. The first kappa shape index (κ1) is 12.4. The Labute approximate surface area is 97.8 Å². The number of carbonyl (C=O) groups excluding carboxylic acids is 1. The van der Waals surface area contributed by atoms with Crippen molar-refractivity contribution in [1.82, 2.24) is 0 Å². The summed E-state index contributed by atoms with van der Waals surface area (Å²) in [5, 5.41) is 0. The van der Waals surface area contributed by atoms with E-state index in [1.807, 2.05) is 13.8 Å². The summed E-state index contributed by atoms with van der Waals surface area (Å²) in [7, 11) is 0. The molecule has 0 aliphatic rings. The molecule has 0 aliphatic heterocycles. The van der Waals surface area contributed by atoms with Crippen molar-refractivity contribution in [1.29, 1.82) is 0 Å². The minimum atomic E-state index is -0.378. The van der Waals surface area contributed by atoms with Crippen molar-refractivity contribution in [3.05, 3.63) is 34.1 Å². The number of carbonyl (C=O) groups is 1. The zero-order valence-corrected chi connectivity index (χ0v) is 10.5. The van der Waals surface area contributed by atoms with Gasteiger partial charge in [-0.1, -0.05) is 36.2 Å². The normalized spacial score (nSPS) is 12.5. The van der Waals surface area contributed by atoms with Crippen LogP contribution in [-0.4, -0.2) is 5.78 Å². The van der Waals surface area contributed by atoms with E-state index >= 15 is 0 Å². The van der Waals surface area contributed by atoms with Gasteiger partial charge in [0.25, 0.3) is 0 Å². The summed E-state index contributed by atoms with van der Waals surface area (Å²) in [6.07, 6.45) is 1.44. The van der Waals surface area contributed by atoms with Gasteiger partial charge in [-0.15, -0.1) is 0 Å². The molecule has 0 fully saturated rings. The molecule has 0 heterocycles. The second-order valence-corrected chi connectivity index (χ2v) is 4.71. The van der Waals surface area contributed by atoms with Crippen LogP contribution in [0.3, 0.4) is 0 Å². The van der Waals surface area contributed by atoms with Crippen LogP contribution in [0.15, 0.2) is 22.7 Å². The second kappa shape index (κ2) is 5.40. The molecule has 0 spiro atoms. The molecule has 1 unspecified atom stereocenters. The predicted molar refractivity (Wildman–Crippen MR) is 62.5 cm³/mol. The van der Waals surface area contributed by atoms with Crippen molar-refractivity contribution in [3.8, 4) is 0 Å². The number of Topliss-reactive ketones (excluding diaryl/α,β-unsaturated/α-hetero) is 1. The fourth-order valence-corrected chi connectivity index (χ4v) is 1.76. The number of ketones is 1. The standard InChI is InChI=1S/C12H14BrFO/c1-3-8(2)4-12(15)9-5-10(13)7-11(14)6-9/h5-8H,3-4H2,1-2H3. The van der Waals surface area contributed by atoms with E-state index in [4.69, 9.17) is 0 Å². The number of benzene rings is 1. The van der Waals surface area contributed by atoms with E-state index < -0.39 is 0 Å². The molecule has 1 nitrogen and oxygen atoms in total. The van der Waals surface area contributed by atoms with Crippen LogP contribution in [0.25, 0.3) is 0 Å². The lowest BCUT2D eigenvalue weighted by atomic mass is 9.98. The molecule has 3 heteroatoms. The lowest BCUT2D eigenvalue weighted by molar-refractivity contribution is 0.0963. The van der Waals surface area contributed by atoms with E-state index in [-0.39, 0.29) is 11.6 Å². The van der Waals surface area contributed by atoms with E-state index in [2.05, 4.69) is 15.9 Å². The summed E-state index contributed by atoms with van der Waals surface area (Å²) in [5.41, 5.74) is 0.446. The van der Waals surface area contributed by atoms with Gasteiger partial charge in [0.05, 0.1) is 0 Å². The third-order valence-corrected chi connectivity index (χ3v) is 2.87. The van der Waals surface area contributed by atoms with E-state index in [0.29, 0.717) is 22.4 Å². The Balaban J connectivity index is 2.82. The largest absolute Gasteiger partial charge is 0.294 e. The van der Waals surface area contributed by atoms with Crippen molar-refractivity contribution in [2.45, 2.75) is 26.7 Å². The summed E-state index contributed by atoms with van der Waals surface area (Å²) in [6.45, 7) is 4.06. The van der Waals surface area contributed by atoms with Gasteiger partial charge >= 0.3 is 0 Å². The van der Waals surface area contributed by atoms with Crippen molar-refractivity contribution in [3.63, 3.8) is 0 Å². The fraction of sp³-hybridized carbons (Fsp3) is 0.417. The monoisotopic (exact) mass is 272 g/mol. The first-order chi connectivity index (χ1) is 7.02. The highest BCUT2D eigenvalue weighted by molar-refractivity contribution is 9.10. The first-order valence-electron chi connectivity index (χ1n) is 5.02. The number of hydrogen-bond donors (Lipinski definition) is 0. The smallest absolute Gasteiger partial charge is 0.163 e. The summed E-state index contributed by atoms with van der Waals surface area (Å²) >= 11 is 3.17. The number of hydrogen-bond acceptors (Lipinski definition) is 1. The summed E-state index contributed by atoms with van der Waals surface area (Å²) < 4.78 is 13.6. The topological polar surface area (TPSA) is 17.1 Å². The van der Waals surface area contributed by atoms with Crippen LogP contribution < -0.4 is 0 Å². The predicted octanol–water partition coefficient (Wildman–Crippen LogP) is 4.21. The highest BCUT2D eigenvalue weighted by atomic mass is 79.9. The van der Waals surface area contributed by atoms with Crippen LogP contribution in [0.1, 0.15) is 37.0 Å². The lowest BCUT2D eigenvalue weighted by Crippen LogP contribution is -2.05. The Hall–Kier alpha value is -0.700. The second-order valence-electron chi connectivity index (χ2n) is 3.80. The third-order valence-electron chi connectivity index (χ3n) is 2.42. The molecule has 15 heavy (non-hydrogen) atoms. The Morgan fingerprint density at radius 3 is 2.67 bits per heavy atom. The van der Waals surface area contributed by atoms with Crippen LogP contribution in [0, 0.1) is 11.7 Å². The Kier molecular flexibility index (Phi) is 4.45. The van der Waals surface area contributed by atoms with E-state index in [9.17, 15) is 9.18 Å². The van der Waals surface area contributed by atoms with Gasteiger partial charge in [-0.05, 0) is 24.1 Å². The molecule has 0 bridgehead atoms. The molecule has 0 amide bonds. The molecule has 1 aromatic carbocycles. The van der Waals surface area contributed by atoms with E-state index in [0.717, 1.165) is 6.42 Å². The van der Waals surface area contributed by atoms with Gasteiger partial charge in [-0.2, -0.15) is 0 Å². The zero-order valence-electron chi connectivity index (χ0n) is 8.89. The Morgan fingerprint density at radius 2 is 2.13 bits per heavy atom. The van der Waals surface area contributed by atoms with Crippen molar-refractivity contribution in [2.75, 3.05) is 0 Å².